The van der Waals surface area contributed by atoms with Gasteiger partial charge in [0.05, 0.1) is 12.1 Å². The number of anilines is 1. The average Bonchev–Trinajstić information content (AvgIpc) is 2.60. The number of hydrogen-bond donors (Lipinski definition) is 1. The summed E-state index contributed by atoms with van der Waals surface area (Å²) in [5.41, 5.74) is 0.697. The molecular formula is C20H22N4O4. The molecule has 146 valence electrons. The molecule has 0 unspecified atom stereocenters. The van der Waals surface area contributed by atoms with Crippen molar-refractivity contribution in [2.75, 3.05) is 11.9 Å². The van der Waals surface area contributed by atoms with Crippen LogP contribution in [-0.2, 0) is 9.53 Å². The Bertz CT molecular complexity index is 1130. The first-order valence-electron chi connectivity index (χ1n) is 8.97. The molecule has 0 fully saturated rings. The van der Waals surface area contributed by atoms with Crippen LogP contribution in [0.3, 0.4) is 0 Å². The molecule has 0 saturated carbocycles. The van der Waals surface area contributed by atoms with Crippen molar-refractivity contribution < 1.29 is 14.3 Å². The third-order valence-electron chi connectivity index (χ3n) is 4.01. The van der Waals surface area contributed by atoms with Crippen LogP contribution < -0.4 is 10.9 Å². The zero-order valence-electron chi connectivity index (χ0n) is 16.3. The summed E-state index contributed by atoms with van der Waals surface area (Å²) in [6.45, 7) is 7.79. The predicted octanol–water partition coefficient (Wildman–Crippen LogP) is 2.79. The molecule has 1 aromatic carbocycles. The summed E-state index contributed by atoms with van der Waals surface area (Å²) in [5, 5.41) is 3.45. The van der Waals surface area contributed by atoms with E-state index < -0.39 is 11.5 Å². The van der Waals surface area contributed by atoms with E-state index in [1.165, 1.54) is 16.9 Å². The number of nitrogens with zero attached hydrogens (tertiary/aromatic N) is 3. The van der Waals surface area contributed by atoms with Gasteiger partial charge in [0, 0.05) is 23.7 Å². The molecule has 1 N–H and O–H groups in total. The Morgan fingerprint density at radius 3 is 2.64 bits per heavy atom. The van der Waals surface area contributed by atoms with E-state index in [1.54, 1.807) is 25.1 Å². The molecular weight excluding hydrogens is 360 g/mol. The van der Waals surface area contributed by atoms with Gasteiger partial charge in [0.1, 0.15) is 17.5 Å². The van der Waals surface area contributed by atoms with Crippen molar-refractivity contribution in [3.8, 4) is 0 Å². The fourth-order valence-electron chi connectivity index (χ4n) is 2.84. The fourth-order valence-corrected chi connectivity index (χ4v) is 2.84. The number of rotatable bonds is 4. The topological polar surface area (TPSA) is 103 Å². The number of aromatic nitrogens is 3. The maximum atomic E-state index is 12.6. The van der Waals surface area contributed by atoms with Crippen LogP contribution >= 0.6 is 0 Å². The minimum atomic E-state index is -0.724. The first-order chi connectivity index (χ1) is 13.2. The Hall–Kier alpha value is -3.29. The van der Waals surface area contributed by atoms with Crippen molar-refractivity contribution >= 4 is 34.1 Å². The van der Waals surface area contributed by atoms with Crippen LogP contribution in [0.4, 0.5) is 5.69 Å². The SMILES string of the molecule is CCOC(=O)c1cnc2c3cc(NC(=O)CC(C)(C)C)ccc3ncn2c1=O. The smallest absolute Gasteiger partial charge is 0.345 e. The monoisotopic (exact) mass is 382 g/mol. The van der Waals surface area contributed by atoms with Gasteiger partial charge in [-0.3, -0.25) is 9.59 Å². The second kappa shape index (κ2) is 7.38. The third-order valence-corrected chi connectivity index (χ3v) is 4.01. The lowest BCUT2D eigenvalue weighted by atomic mass is 9.92. The maximum Gasteiger partial charge on any atom is 0.345 e. The van der Waals surface area contributed by atoms with E-state index in [1.807, 2.05) is 20.8 Å². The highest BCUT2D eigenvalue weighted by molar-refractivity contribution is 5.98. The lowest BCUT2D eigenvalue weighted by molar-refractivity contribution is -0.117. The molecule has 0 bridgehead atoms. The normalized spacial score (nSPS) is 11.6. The summed E-state index contributed by atoms with van der Waals surface area (Å²) >= 11 is 0. The predicted molar refractivity (Wildman–Crippen MR) is 105 cm³/mol. The van der Waals surface area contributed by atoms with Crippen molar-refractivity contribution in [1.82, 2.24) is 14.4 Å². The van der Waals surface area contributed by atoms with Gasteiger partial charge in [-0.05, 0) is 30.5 Å². The fraction of sp³-hybridized carbons (Fsp3) is 0.350. The van der Waals surface area contributed by atoms with E-state index in [2.05, 4.69) is 15.3 Å². The lowest BCUT2D eigenvalue weighted by Gasteiger charge is -2.17. The number of amides is 1. The molecule has 0 atom stereocenters. The second-order valence-electron chi connectivity index (χ2n) is 7.65. The summed E-state index contributed by atoms with van der Waals surface area (Å²) in [5.74, 6) is -0.826. The van der Waals surface area contributed by atoms with Gasteiger partial charge < -0.3 is 10.1 Å². The molecule has 28 heavy (non-hydrogen) atoms. The van der Waals surface area contributed by atoms with Crippen LogP contribution in [0, 0.1) is 5.41 Å². The lowest BCUT2D eigenvalue weighted by Crippen LogP contribution is -2.24. The van der Waals surface area contributed by atoms with Crippen LogP contribution in [0.15, 0.2) is 35.5 Å². The highest BCUT2D eigenvalue weighted by atomic mass is 16.5. The van der Waals surface area contributed by atoms with Gasteiger partial charge in [0.15, 0.2) is 0 Å². The Balaban J connectivity index is 2.05. The molecule has 1 amide bonds. The number of ether oxygens (including phenoxy) is 1. The van der Waals surface area contributed by atoms with Crippen molar-refractivity contribution in [2.45, 2.75) is 34.1 Å². The van der Waals surface area contributed by atoms with Crippen LogP contribution in [0.1, 0.15) is 44.5 Å². The number of carbonyl (C=O) groups is 2. The van der Waals surface area contributed by atoms with Gasteiger partial charge in [-0.2, -0.15) is 0 Å². The average molecular weight is 382 g/mol. The summed E-state index contributed by atoms with van der Waals surface area (Å²) in [6, 6.07) is 5.21. The standard InChI is InChI=1S/C20H22N4O4/c1-5-28-19(27)14-10-21-17-13-8-12(23-16(25)9-20(2,3)4)6-7-15(13)22-11-24(17)18(14)26/h6-8,10-11H,5,9H2,1-4H3,(H,23,25). The molecule has 0 radical (unpaired) electrons. The summed E-state index contributed by atoms with van der Waals surface area (Å²) in [7, 11) is 0. The van der Waals surface area contributed by atoms with E-state index in [9.17, 15) is 14.4 Å². The molecule has 2 aromatic heterocycles. The van der Waals surface area contributed by atoms with E-state index in [0.29, 0.717) is 28.7 Å². The van der Waals surface area contributed by atoms with Crippen LogP contribution in [0.5, 0.6) is 0 Å². The van der Waals surface area contributed by atoms with E-state index in [-0.39, 0.29) is 23.5 Å². The zero-order chi connectivity index (χ0) is 20.5. The molecule has 3 rings (SSSR count). The molecule has 0 aliphatic rings. The highest BCUT2D eigenvalue weighted by Gasteiger charge is 2.18. The Labute approximate surface area is 161 Å². The molecule has 0 saturated heterocycles. The molecule has 0 aliphatic heterocycles. The van der Waals surface area contributed by atoms with Gasteiger partial charge in [-0.15, -0.1) is 0 Å². The first-order valence-corrected chi connectivity index (χ1v) is 8.97. The van der Waals surface area contributed by atoms with E-state index in [4.69, 9.17) is 4.74 Å². The highest BCUT2D eigenvalue weighted by Crippen LogP contribution is 2.23. The van der Waals surface area contributed by atoms with Crippen LogP contribution in [-0.4, -0.2) is 32.9 Å². The number of nitrogens with one attached hydrogen (secondary N) is 1. The van der Waals surface area contributed by atoms with Gasteiger partial charge in [-0.1, -0.05) is 20.8 Å². The largest absolute Gasteiger partial charge is 0.462 e. The number of hydrogen-bond acceptors (Lipinski definition) is 6. The van der Waals surface area contributed by atoms with Crippen molar-refractivity contribution in [1.29, 1.82) is 0 Å². The number of carbonyl (C=O) groups excluding carboxylic acids is 2. The van der Waals surface area contributed by atoms with Gasteiger partial charge >= 0.3 is 5.97 Å². The van der Waals surface area contributed by atoms with Crippen LogP contribution in [0.2, 0.25) is 0 Å². The summed E-state index contributed by atoms with van der Waals surface area (Å²) < 4.78 is 6.09. The summed E-state index contributed by atoms with van der Waals surface area (Å²) in [6.07, 6.45) is 2.91. The number of benzene rings is 1. The third kappa shape index (κ3) is 4.00. The molecule has 8 nitrogen and oxygen atoms in total. The maximum absolute atomic E-state index is 12.6. The van der Waals surface area contributed by atoms with Crippen molar-refractivity contribution in [3.63, 3.8) is 0 Å². The Morgan fingerprint density at radius 2 is 1.96 bits per heavy atom. The van der Waals surface area contributed by atoms with E-state index in [0.717, 1.165) is 0 Å². The molecule has 2 heterocycles. The first kappa shape index (κ1) is 19.5. The minimum Gasteiger partial charge on any atom is -0.462 e. The molecule has 0 spiro atoms. The second-order valence-corrected chi connectivity index (χ2v) is 7.65. The van der Waals surface area contributed by atoms with Crippen molar-refractivity contribution in [2.24, 2.45) is 5.41 Å². The molecule has 3 aromatic rings. The van der Waals surface area contributed by atoms with Gasteiger partial charge in [0.25, 0.3) is 5.56 Å². The van der Waals surface area contributed by atoms with Crippen molar-refractivity contribution in [3.05, 3.63) is 46.6 Å². The van der Waals surface area contributed by atoms with Crippen LogP contribution in [0.25, 0.3) is 16.6 Å². The minimum absolute atomic E-state index is 0.102. The van der Waals surface area contributed by atoms with E-state index >= 15 is 0 Å². The Morgan fingerprint density at radius 1 is 1.21 bits per heavy atom. The Kier molecular flexibility index (Phi) is 5.13. The van der Waals surface area contributed by atoms with Gasteiger partial charge in [0.2, 0.25) is 5.91 Å². The molecule has 0 aliphatic carbocycles. The molecule has 8 heteroatoms. The number of fused-ring (bicyclic) bond motifs is 3. The van der Waals surface area contributed by atoms with Gasteiger partial charge in [-0.25, -0.2) is 19.2 Å². The summed E-state index contributed by atoms with van der Waals surface area (Å²) in [4.78, 5) is 45.3. The zero-order valence-corrected chi connectivity index (χ0v) is 16.3. The number of esters is 1. The quantitative estimate of drug-likeness (QED) is 0.550.